The molecule has 0 N–H and O–H groups in total. The summed E-state index contributed by atoms with van der Waals surface area (Å²) in [5.74, 6) is 0. The van der Waals surface area contributed by atoms with Gasteiger partial charge >= 0.3 is 0 Å². The first-order valence-corrected chi connectivity index (χ1v) is 7.81. The fourth-order valence-electron chi connectivity index (χ4n) is 3.11. The van der Waals surface area contributed by atoms with Gasteiger partial charge in [0.1, 0.15) is 0 Å². The topological polar surface area (TPSA) is 0 Å². The second-order valence-electron chi connectivity index (χ2n) is 5.39. The summed E-state index contributed by atoms with van der Waals surface area (Å²) in [6, 6.07) is 29.2. The summed E-state index contributed by atoms with van der Waals surface area (Å²) >= 11 is 6.08. The average molecular weight is 306 g/mol. The fourth-order valence-corrected chi connectivity index (χ4v) is 3.24. The molecule has 0 fully saturated rings. The van der Waals surface area contributed by atoms with Crippen LogP contribution in [0.1, 0.15) is 23.1 Å². The van der Waals surface area contributed by atoms with E-state index in [-0.39, 0.29) is 5.41 Å². The molecule has 0 aliphatic carbocycles. The number of rotatable bonds is 4. The zero-order chi connectivity index (χ0) is 15.4. The van der Waals surface area contributed by atoms with Gasteiger partial charge in [0.2, 0.25) is 0 Å². The van der Waals surface area contributed by atoms with Gasteiger partial charge in [-0.25, -0.2) is 0 Å². The van der Waals surface area contributed by atoms with Gasteiger partial charge in [-0.1, -0.05) is 91.3 Å². The molecular formula is C21H18Cl. The van der Waals surface area contributed by atoms with E-state index in [1.807, 2.05) is 24.3 Å². The molecule has 0 spiro atoms. The zero-order valence-corrected chi connectivity index (χ0v) is 13.1. The van der Waals surface area contributed by atoms with Crippen LogP contribution in [0.5, 0.6) is 0 Å². The summed E-state index contributed by atoms with van der Waals surface area (Å²) in [7, 11) is 0. The quantitative estimate of drug-likeness (QED) is 0.526. The van der Waals surface area contributed by atoms with Crippen LogP contribution in [0.15, 0.2) is 84.9 Å². The normalized spacial score (nSPS) is 11.4. The van der Waals surface area contributed by atoms with Crippen LogP contribution in [-0.4, -0.2) is 0 Å². The van der Waals surface area contributed by atoms with Crippen molar-refractivity contribution in [1.29, 1.82) is 0 Å². The first-order chi connectivity index (χ1) is 10.8. The Morgan fingerprint density at radius 1 is 0.636 bits per heavy atom. The lowest BCUT2D eigenvalue weighted by atomic mass is 9.68. The second-order valence-corrected chi connectivity index (χ2v) is 5.83. The van der Waals surface area contributed by atoms with Gasteiger partial charge in [0.25, 0.3) is 0 Å². The van der Waals surface area contributed by atoms with Crippen LogP contribution in [0, 0.1) is 6.92 Å². The van der Waals surface area contributed by atoms with Crippen LogP contribution >= 0.6 is 11.6 Å². The predicted octanol–water partition coefficient (Wildman–Crippen LogP) is 5.90. The molecule has 0 nitrogen and oxygen atoms in total. The van der Waals surface area contributed by atoms with Crippen LogP contribution in [0.4, 0.5) is 0 Å². The Balaban J connectivity index is 2.28. The molecule has 3 rings (SSSR count). The average Bonchev–Trinajstić information content (AvgIpc) is 2.59. The third-order valence-corrected chi connectivity index (χ3v) is 4.50. The Kier molecular flexibility index (Phi) is 4.31. The van der Waals surface area contributed by atoms with Crippen molar-refractivity contribution in [2.75, 3.05) is 0 Å². The third-order valence-electron chi connectivity index (χ3n) is 4.25. The monoisotopic (exact) mass is 305 g/mol. The molecule has 0 atom stereocenters. The summed E-state index contributed by atoms with van der Waals surface area (Å²) in [6.45, 7) is 4.28. The molecule has 0 aliphatic heterocycles. The van der Waals surface area contributed by atoms with Crippen molar-refractivity contribution < 1.29 is 0 Å². The van der Waals surface area contributed by atoms with E-state index < -0.39 is 0 Å². The van der Waals surface area contributed by atoms with E-state index in [0.717, 1.165) is 11.4 Å². The minimum absolute atomic E-state index is 0.257. The molecule has 0 bridgehead atoms. The van der Waals surface area contributed by atoms with E-state index >= 15 is 0 Å². The van der Waals surface area contributed by atoms with Crippen LogP contribution in [0.2, 0.25) is 5.02 Å². The SMILES string of the molecule is [CH2]CC(c1ccccc1)(c1ccccc1)c1ccc(Cl)cc1. The van der Waals surface area contributed by atoms with Crippen molar-refractivity contribution in [3.8, 4) is 0 Å². The van der Waals surface area contributed by atoms with Gasteiger partial charge in [-0.15, -0.1) is 0 Å². The molecule has 0 unspecified atom stereocenters. The van der Waals surface area contributed by atoms with Crippen molar-refractivity contribution in [2.45, 2.75) is 11.8 Å². The highest BCUT2D eigenvalue weighted by Crippen LogP contribution is 2.42. The van der Waals surface area contributed by atoms with Crippen molar-refractivity contribution in [3.05, 3.63) is 114 Å². The molecule has 0 aromatic heterocycles. The Labute approximate surface area is 137 Å². The van der Waals surface area contributed by atoms with Crippen molar-refractivity contribution in [3.63, 3.8) is 0 Å². The maximum Gasteiger partial charge on any atom is 0.0451 e. The summed E-state index contributed by atoms with van der Waals surface area (Å²) in [5.41, 5.74) is 3.45. The lowest BCUT2D eigenvalue weighted by Gasteiger charge is -2.35. The smallest absolute Gasteiger partial charge is 0.0451 e. The Morgan fingerprint density at radius 2 is 1.05 bits per heavy atom. The highest BCUT2D eigenvalue weighted by atomic mass is 35.5. The standard InChI is InChI=1S/C21H18Cl/c1-2-21(17-9-5-3-6-10-17,18-11-7-4-8-12-18)19-13-15-20(22)16-14-19/h3-16H,1-2H2. The predicted molar refractivity (Wildman–Crippen MR) is 94.2 cm³/mol. The third kappa shape index (κ3) is 2.55. The molecule has 0 saturated heterocycles. The molecular weight excluding hydrogens is 288 g/mol. The zero-order valence-electron chi connectivity index (χ0n) is 12.4. The molecule has 0 saturated carbocycles. The van der Waals surface area contributed by atoms with Gasteiger partial charge in [-0.2, -0.15) is 0 Å². The Hall–Kier alpha value is -2.05. The maximum absolute atomic E-state index is 6.08. The van der Waals surface area contributed by atoms with Crippen LogP contribution in [0.25, 0.3) is 0 Å². The molecule has 0 amide bonds. The Morgan fingerprint density at radius 3 is 1.45 bits per heavy atom. The van der Waals surface area contributed by atoms with E-state index in [9.17, 15) is 0 Å². The van der Waals surface area contributed by atoms with Crippen molar-refractivity contribution in [1.82, 2.24) is 0 Å². The van der Waals surface area contributed by atoms with E-state index in [1.54, 1.807) is 0 Å². The van der Waals surface area contributed by atoms with Crippen molar-refractivity contribution >= 4 is 11.6 Å². The molecule has 22 heavy (non-hydrogen) atoms. The van der Waals surface area contributed by atoms with E-state index in [1.165, 1.54) is 16.7 Å². The fraction of sp³-hybridized carbons (Fsp3) is 0.0952. The number of hydrogen-bond donors (Lipinski definition) is 0. The van der Waals surface area contributed by atoms with E-state index in [0.29, 0.717) is 0 Å². The molecule has 1 heteroatoms. The number of benzene rings is 3. The number of halogens is 1. The highest BCUT2D eigenvalue weighted by Gasteiger charge is 2.34. The van der Waals surface area contributed by atoms with Crippen molar-refractivity contribution in [2.24, 2.45) is 0 Å². The summed E-state index contributed by atoms with van der Waals surface area (Å²) < 4.78 is 0. The minimum Gasteiger partial charge on any atom is -0.0843 e. The molecule has 0 aliphatic rings. The molecule has 3 aromatic rings. The summed E-state index contributed by atoms with van der Waals surface area (Å²) in [5, 5.41) is 0.753. The highest BCUT2D eigenvalue weighted by molar-refractivity contribution is 6.30. The minimum atomic E-state index is -0.257. The second kappa shape index (κ2) is 6.37. The van der Waals surface area contributed by atoms with E-state index in [2.05, 4.69) is 67.6 Å². The van der Waals surface area contributed by atoms with E-state index in [4.69, 9.17) is 11.6 Å². The van der Waals surface area contributed by atoms with Crippen LogP contribution in [-0.2, 0) is 5.41 Å². The van der Waals surface area contributed by atoms with Gasteiger partial charge < -0.3 is 0 Å². The molecule has 109 valence electrons. The molecule has 3 aromatic carbocycles. The van der Waals surface area contributed by atoms with Crippen LogP contribution in [0.3, 0.4) is 0 Å². The lowest BCUT2D eigenvalue weighted by molar-refractivity contribution is 0.625. The lowest BCUT2D eigenvalue weighted by Crippen LogP contribution is -2.28. The summed E-state index contributed by atoms with van der Waals surface area (Å²) in [6.07, 6.45) is 0.739. The Bertz CT molecular complexity index is 675. The number of hydrogen-bond acceptors (Lipinski definition) is 0. The van der Waals surface area contributed by atoms with Gasteiger partial charge in [-0.05, 0) is 35.2 Å². The van der Waals surface area contributed by atoms with Gasteiger partial charge in [0.15, 0.2) is 0 Å². The maximum atomic E-state index is 6.08. The van der Waals surface area contributed by atoms with Crippen LogP contribution < -0.4 is 0 Å². The first-order valence-electron chi connectivity index (χ1n) is 7.44. The summed E-state index contributed by atoms with van der Waals surface area (Å²) in [4.78, 5) is 0. The first kappa shape index (κ1) is 14.9. The molecule has 1 radical (unpaired) electrons. The van der Waals surface area contributed by atoms with Gasteiger partial charge in [0.05, 0.1) is 0 Å². The molecule has 0 heterocycles. The van der Waals surface area contributed by atoms with Gasteiger partial charge in [0, 0.05) is 10.4 Å². The van der Waals surface area contributed by atoms with Gasteiger partial charge in [-0.3, -0.25) is 0 Å². The largest absolute Gasteiger partial charge is 0.0843 e.